The van der Waals surface area contributed by atoms with Gasteiger partial charge in [-0.1, -0.05) is 18.2 Å². The van der Waals surface area contributed by atoms with Gasteiger partial charge in [-0.05, 0) is 13.0 Å². The van der Waals surface area contributed by atoms with Crippen molar-refractivity contribution >= 4 is 47.2 Å². The first kappa shape index (κ1) is 23.4. The van der Waals surface area contributed by atoms with Crippen molar-refractivity contribution < 1.29 is 9.53 Å². The molecule has 0 saturated carbocycles. The van der Waals surface area contributed by atoms with Gasteiger partial charge in [0.05, 0.1) is 17.7 Å². The number of aliphatic imine (C=N–C) groups is 1. The Morgan fingerprint density at radius 3 is 2.90 bits per heavy atom. The highest BCUT2D eigenvalue weighted by Crippen LogP contribution is 2.31. The number of nitrogens with zero attached hydrogens (tertiary/aromatic N) is 3. The Hall–Kier alpha value is -1.88. The SMILES string of the molecule is Cc1cnc(CCNC(=NCC(=O)N(C)C)NC2CCOc3ccccc32)s1.I. The van der Waals surface area contributed by atoms with Gasteiger partial charge in [0.25, 0.3) is 0 Å². The van der Waals surface area contributed by atoms with E-state index in [1.807, 2.05) is 24.4 Å². The number of aryl methyl sites for hydroxylation is 1. The van der Waals surface area contributed by atoms with Crippen LogP contribution in [0.1, 0.15) is 27.9 Å². The number of thiazole rings is 1. The van der Waals surface area contributed by atoms with E-state index >= 15 is 0 Å². The van der Waals surface area contributed by atoms with Gasteiger partial charge < -0.3 is 20.3 Å². The Morgan fingerprint density at radius 2 is 2.17 bits per heavy atom. The van der Waals surface area contributed by atoms with Gasteiger partial charge >= 0.3 is 0 Å². The number of benzene rings is 1. The molecule has 158 valence electrons. The third kappa shape index (κ3) is 6.84. The van der Waals surface area contributed by atoms with Gasteiger partial charge in [-0.3, -0.25) is 4.79 Å². The van der Waals surface area contributed by atoms with E-state index in [2.05, 4.69) is 33.6 Å². The third-order valence-corrected chi connectivity index (χ3v) is 5.41. The van der Waals surface area contributed by atoms with E-state index in [9.17, 15) is 4.79 Å². The standard InChI is InChI=1S/C20H27N5O2S.HI/c1-14-12-22-18(28-14)8-10-21-20(23-13-19(26)25(2)3)24-16-9-11-27-17-7-5-4-6-15(16)17;/h4-7,12,16H,8-11,13H2,1-3H3,(H2,21,23,24);1H. The van der Waals surface area contributed by atoms with Crippen LogP contribution in [0.4, 0.5) is 0 Å². The maximum absolute atomic E-state index is 12.0. The van der Waals surface area contributed by atoms with E-state index in [1.165, 1.54) is 4.88 Å². The molecule has 0 bridgehead atoms. The van der Waals surface area contributed by atoms with Gasteiger partial charge in [0.2, 0.25) is 5.91 Å². The topological polar surface area (TPSA) is 78.9 Å². The first-order valence-corrected chi connectivity index (χ1v) is 10.2. The highest BCUT2D eigenvalue weighted by atomic mass is 127. The maximum Gasteiger partial charge on any atom is 0.243 e. The molecule has 2 heterocycles. The van der Waals surface area contributed by atoms with Crippen LogP contribution >= 0.6 is 35.3 Å². The van der Waals surface area contributed by atoms with Crippen LogP contribution in [-0.2, 0) is 11.2 Å². The van der Waals surface area contributed by atoms with E-state index in [0.717, 1.165) is 29.2 Å². The summed E-state index contributed by atoms with van der Waals surface area (Å²) < 4.78 is 5.74. The van der Waals surface area contributed by atoms with Crippen LogP contribution in [0.2, 0.25) is 0 Å². The van der Waals surface area contributed by atoms with Crippen LogP contribution in [0, 0.1) is 6.92 Å². The van der Waals surface area contributed by atoms with Gasteiger partial charge in [-0.25, -0.2) is 9.98 Å². The number of rotatable bonds is 6. The molecule has 7 nitrogen and oxygen atoms in total. The number of nitrogens with one attached hydrogen (secondary N) is 2. The summed E-state index contributed by atoms with van der Waals surface area (Å²) in [5.74, 6) is 1.49. The van der Waals surface area contributed by atoms with Gasteiger partial charge in [0, 0.05) is 50.1 Å². The monoisotopic (exact) mass is 529 g/mol. The fourth-order valence-corrected chi connectivity index (χ4v) is 3.69. The van der Waals surface area contributed by atoms with E-state index in [-0.39, 0.29) is 42.5 Å². The lowest BCUT2D eigenvalue weighted by atomic mass is 10.0. The Bertz CT molecular complexity index is 840. The number of amides is 1. The van der Waals surface area contributed by atoms with Crippen molar-refractivity contribution in [3.05, 3.63) is 45.9 Å². The molecule has 0 fully saturated rings. The van der Waals surface area contributed by atoms with E-state index < -0.39 is 0 Å². The number of guanidine groups is 1. The van der Waals surface area contributed by atoms with Crippen molar-refractivity contribution in [2.75, 3.05) is 33.8 Å². The summed E-state index contributed by atoms with van der Waals surface area (Å²) in [5.41, 5.74) is 1.11. The molecule has 2 aromatic rings. The van der Waals surface area contributed by atoms with Crippen LogP contribution < -0.4 is 15.4 Å². The number of aromatic nitrogens is 1. The third-order valence-electron chi connectivity index (χ3n) is 4.44. The number of fused-ring (bicyclic) bond motifs is 1. The lowest BCUT2D eigenvalue weighted by Gasteiger charge is -2.28. The molecule has 1 aliphatic heterocycles. The van der Waals surface area contributed by atoms with Crippen molar-refractivity contribution in [1.29, 1.82) is 0 Å². The average molecular weight is 529 g/mol. The molecular formula is C20H28IN5O2S. The lowest BCUT2D eigenvalue weighted by molar-refractivity contribution is -0.127. The number of para-hydroxylation sites is 1. The van der Waals surface area contributed by atoms with Gasteiger partial charge in [-0.15, -0.1) is 35.3 Å². The summed E-state index contributed by atoms with van der Waals surface area (Å²) in [6, 6.07) is 8.11. The minimum atomic E-state index is -0.0379. The zero-order valence-electron chi connectivity index (χ0n) is 17.0. The van der Waals surface area contributed by atoms with E-state index in [4.69, 9.17) is 4.74 Å². The van der Waals surface area contributed by atoms with Crippen LogP contribution in [0.25, 0.3) is 0 Å². The van der Waals surface area contributed by atoms with Gasteiger partial charge in [0.1, 0.15) is 12.3 Å². The predicted octanol–water partition coefficient (Wildman–Crippen LogP) is 2.76. The molecule has 0 aliphatic carbocycles. The molecule has 9 heteroatoms. The molecular weight excluding hydrogens is 501 g/mol. The number of ether oxygens (including phenoxy) is 1. The summed E-state index contributed by atoms with van der Waals surface area (Å²) in [7, 11) is 3.47. The van der Waals surface area contributed by atoms with Crippen LogP contribution in [-0.4, -0.2) is 55.5 Å². The molecule has 1 aromatic carbocycles. The molecule has 0 saturated heterocycles. The van der Waals surface area contributed by atoms with Crippen molar-refractivity contribution in [1.82, 2.24) is 20.5 Å². The number of halogens is 1. The summed E-state index contributed by atoms with van der Waals surface area (Å²) in [5, 5.41) is 7.90. The molecule has 29 heavy (non-hydrogen) atoms. The van der Waals surface area contributed by atoms with Crippen molar-refractivity contribution in [3.63, 3.8) is 0 Å². The lowest BCUT2D eigenvalue weighted by Crippen LogP contribution is -2.42. The second kappa shape index (κ2) is 11.3. The Labute approximate surface area is 193 Å². The van der Waals surface area contributed by atoms with Crippen LogP contribution in [0.15, 0.2) is 35.5 Å². The van der Waals surface area contributed by atoms with Gasteiger partial charge in [0.15, 0.2) is 5.96 Å². The van der Waals surface area contributed by atoms with Crippen molar-refractivity contribution in [3.8, 4) is 5.75 Å². The van der Waals surface area contributed by atoms with Crippen LogP contribution in [0.5, 0.6) is 5.75 Å². The fourth-order valence-electron chi connectivity index (χ4n) is 2.90. The molecule has 1 aliphatic rings. The molecule has 2 N–H and O–H groups in total. The summed E-state index contributed by atoms with van der Waals surface area (Å²) in [6.45, 7) is 3.50. The molecule has 3 rings (SSSR count). The zero-order chi connectivity index (χ0) is 19.9. The summed E-state index contributed by atoms with van der Waals surface area (Å²) in [6.07, 6.45) is 3.54. The van der Waals surface area contributed by atoms with Crippen molar-refractivity contribution in [2.45, 2.75) is 25.8 Å². The number of carbonyl (C=O) groups is 1. The molecule has 0 spiro atoms. The normalized spacial score (nSPS) is 15.6. The van der Waals surface area contributed by atoms with Crippen LogP contribution in [0.3, 0.4) is 0 Å². The maximum atomic E-state index is 12.0. The Kier molecular flexibility index (Phi) is 9.15. The van der Waals surface area contributed by atoms with E-state index in [0.29, 0.717) is 19.1 Å². The van der Waals surface area contributed by atoms with E-state index in [1.54, 1.807) is 30.3 Å². The first-order valence-electron chi connectivity index (χ1n) is 9.41. The molecule has 0 radical (unpaired) electrons. The number of carbonyl (C=O) groups excluding carboxylic acids is 1. The quantitative estimate of drug-likeness (QED) is 0.342. The average Bonchev–Trinajstić information content (AvgIpc) is 3.11. The summed E-state index contributed by atoms with van der Waals surface area (Å²) in [4.78, 5) is 23.6. The van der Waals surface area contributed by atoms with Gasteiger partial charge in [-0.2, -0.15) is 0 Å². The molecule has 1 amide bonds. The Balaban J connectivity index is 0.00000300. The number of likely N-dealkylation sites (N-methyl/N-ethyl adjacent to an activating group) is 1. The predicted molar refractivity (Wildman–Crippen MR) is 127 cm³/mol. The Morgan fingerprint density at radius 1 is 1.38 bits per heavy atom. The number of hydrogen-bond acceptors (Lipinski definition) is 5. The highest BCUT2D eigenvalue weighted by molar-refractivity contribution is 14.0. The second-order valence-electron chi connectivity index (χ2n) is 6.87. The summed E-state index contributed by atoms with van der Waals surface area (Å²) >= 11 is 1.70. The number of hydrogen-bond donors (Lipinski definition) is 2. The fraction of sp³-hybridized carbons (Fsp3) is 0.450. The minimum Gasteiger partial charge on any atom is -0.493 e. The molecule has 1 atom stereocenters. The molecule has 1 aromatic heterocycles. The van der Waals surface area contributed by atoms with Crippen molar-refractivity contribution in [2.24, 2.45) is 4.99 Å². The smallest absolute Gasteiger partial charge is 0.243 e. The molecule has 1 unspecified atom stereocenters. The largest absolute Gasteiger partial charge is 0.493 e. The zero-order valence-corrected chi connectivity index (χ0v) is 20.1. The second-order valence-corrected chi connectivity index (χ2v) is 8.19. The first-order chi connectivity index (χ1) is 13.5. The minimum absolute atomic E-state index is 0. The highest BCUT2D eigenvalue weighted by Gasteiger charge is 2.22.